The van der Waals surface area contributed by atoms with Crippen LogP contribution in [0.4, 0.5) is 0 Å². The van der Waals surface area contributed by atoms with Crippen molar-refractivity contribution < 1.29 is 9.21 Å². The Morgan fingerprint density at radius 3 is 2.70 bits per heavy atom. The minimum absolute atomic E-state index is 0.0483. The number of nitrogens with one attached hydrogen (secondary N) is 2. The summed E-state index contributed by atoms with van der Waals surface area (Å²) in [6, 6.07) is 15.7. The van der Waals surface area contributed by atoms with Gasteiger partial charge in [0.2, 0.25) is 0 Å². The second kappa shape index (κ2) is 11.8. The second-order valence-corrected chi connectivity index (χ2v) is 8.64. The molecule has 3 rings (SSSR count). The number of rotatable bonds is 12. The summed E-state index contributed by atoms with van der Waals surface area (Å²) in [5, 5.41) is 6.92. The molecule has 0 saturated carbocycles. The van der Waals surface area contributed by atoms with Gasteiger partial charge in [-0.1, -0.05) is 54.9 Å². The monoisotopic (exact) mass is 425 g/mol. The molecular formula is C24H31N3O2S. The Kier molecular flexibility index (Phi) is 8.78. The van der Waals surface area contributed by atoms with Crippen LogP contribution in [0.2, 0.25) is 0 Å². The van der Waals surface area contributed by atoms with Gasteiger partial charge in [0.15, 0.2) is 5.58 Å². The number of thioether (sulfide) groups is 1. The van der Waals surface area contributed by atoms with E-state index in [0.29, 0.717) is 10.8 Å². The quantitative estimate of drug-likeness (QED) is 0.314. The molecule has 1 atom stereocenters. The lowest BCUT2D eigenvalue weighted by Crippen LogP contribution is -2.34. The molecule has 160 valence electrons. The van der Waals surface area contributed by atoms with Crippen molar-refractivity contribution in [3.05, 3.63) is 59.7 Å². The molecular weight excluding hydrogens is 394 g/mol. The molecule has 30 heavy (non-hydrogen) atoms. The van der Waals surface area contributed by atoms with Crippen LogP contribution in [0.1, 0.15) is 48.5 Å². The molecule has 0 aliphatic carbocycles. The van der Waals surface area contributed by atoms with E-state index in [0.717, 1.165) is 36.2 Å². The van der Waals surface area contributed by atoms with Crippen LogP contribution in [0.3, 0.4) is 0 Å². The van der Waals surface area contributed by atoms with Crippen LogP contribution in [-0.4, -0.2) is 36.3 Å². The molecule has 0 bridgehead atoms. The molecule has 6 heteroatoms. The molecule has 1 heterocycles. The molecule has 2 aromatic carbocycles. The van der Waals surface area contributed by atoms with Gasteiger partial charge < -0.3 is 15.1 Å². The van der Waals surface area contributed by atoms with Crippen LogP contribution in [0.15, 0.2) is 58.2 Å². The molecule has 0 radical (unpaired) electrons. The third kappa shape index (κ3) is 6.89. The Balaban J connectivity index is 1.50. The van der Waals surface area contributed by atoms with E-state index in [2.05, 4.69) is 27.8 Å². The Labute approximate surface area is 183 Å². The maximum absolute atomic E-state index is 12.6. The Hall–Kier alpha value is -2.31. The Morgan fingerprint density at radius 2 is 1.90 bits per heavy atom. The Bertz CT molecular complexity index is 927. The highest BCUT2D eigenvalue weighted by molar-refractivity contribution is 7.99. The van der Waals surface area contributed by atoms with Gasteiger partial charge in [0.05, 0.1) is 0 Å². The van der Waals surface area contributed by atoms with E-state index >= 15 is 0 Å². The summed E-state index contributed by atoms with van der Waals surface area (Å²) >= 11 is 1.64. The normalized spacial score (nSPS) is 12.2. The third-order valence-electron chi connectivity index (χ3n) is 4.94. The van der Waals surface area contributed by atoms with E-state index in [-0.39, 0.29) is 11.9 Å². The lowest BCUT2D eigenvalue weighted by Gasteiger charge is -2.14. The van der Waals surface area contributed by atoms with Crippen LogP contribution < -0.4 is 10.6 Å². The van der Waals surface area contributed by atoms with E-state index in [1.807, 2.05) is 44.3 Å². The van der Waals surface area contributed by atoms with Crippen molar-refractivity contribution in [1.29, 1.82) is 0 Å². The lowest BCUT2D eigenvalue weighted by atomic mass is 10.1. The zero-order valence-electron chi connectivity index (χ0n) is 17.8. The molecule has 1 amide bonds. The minimum atomic E-state index is -0.0842. The van der Waals surface area contributed by atoms with Crippen LogP contribution in [0.25, 0.3) is 11.1 Å². The SMILES string of the molecule is CNCCCCCCSc1nc2cc(C(=O)N[C@H](C)Cc3ccccc3)ccc2o1. The summed E-state index contributed by atoms with van der Waals surface area (Å²) in [5.41, 5.74) is 3.27. The summed E-state index contributed by atoms with van der Waals surface area (Å²) in [6.45, 7) is 3.10. The van der Waals surface area contributed by atoms with Gasteiger partial charge >= 0.3 is 0 Å². The van der Waals surface area contributed by atoms with Gasteiger partial charge in [-0.25, -0.2) is 4.98 Å². The van der Waals surface area contributed by atoms with Crippen LogP contribution in [0.5, 0.6) is 0 Å². The highest BCUT2D eigenvalue weighted by atomic mass is 32.2. The number of benzene rings is 2. The van der Waals surface area contributed by atoms with Gasteiger partial charge in [-0.15, -0.1) is 0 Å². The number of aromatic nitrogens is 1. The van der Waals surface area contributed by atoms with Crippen molar-refractivity contribution in [1.82, 2.24) is 15.6 Å². The van der Waals surface area contributed by atoms with E-state index < -0.39 is 0 Å². The predicted molar refractivity (Wildman–Crippen MR) is 124 cm³/mol. The second-order valence-electron chi connectivity index (χ2n) is 7.59. The van der Waals surface area contributed by atoms with Crippen molar-refractivity contribution >= 4 is 28.8 Å². The van der Waals surface area contributed by atoms with Crippen molar-refractivity contribution in [2.24, 2.45) is 0 Å². The van der Waals surface area contributed by atoms with E-state index in [1.54, 1.807) is 17.8 Å². The van der Waals surface area contributed by atoms with E-state index in [9.17, 15) is 4.79 Å². The average Bonchev–Trinajstić information content (AvgIpc) is 3.15. The molecule has 3 aromatic rings. The number of carbonyl (C=O) groups is 1. The first-order valence-electron chi connectivity index (χ1n) is 10.7. The highest BCUT2D eigenvalue weighted by Crippen LogP contribution is 2.25. The average molecular weight is 426 g/mol. The lowest BCUT2D eigenvalue weighted by molar-refractivity contribution is 0.0940. The number of amides is 1. The standard InChI is InChI=1S/C24H31N3O2S/c1-18(16-19-10-6-5-7-11-19)26-23(28)20-12-13-22-21(17-20)27-24(29-22)30-15-9-4-3-8-14-25-2/h5-7,10-13,17-18,25H,3-4,8-9,14-16H2,1-2H3,(H,26,28)/t18-/m1/s1. The number of hydrogen-bond acceptors (Lipinski definition) is 5. The zero-order chi connectivity index (χ0) is 21.2. The number of nitrogens with zero attached hydrogens (tertiary/aromatic N) is 1. The van der Waals surface area contributed by atoms with Crippen molar-refractivity contribution in [3.63, 3.8) is 0 Å². The fourth-order valence-electron chi connectivity index (χ4n) is 3.35. The number of unbranched alkanes of at least 4 members (excludes halogenated alkanes) is 3. The minimum Gasteiger partial charge on any atom is -0.431 e. The van der Waals surface area contributed by atoms with Crippen molar-refractivity contribution in [3.8, 4) is 0 Å². The molecule has 0 unspecified atom stereocenters. The molecule has 0 saturated heterocycles. The fraction of sp³-hybridized carbons (Fsp3) is 0.417. The number of carbonyl (C=O) groups excluding carboxylic acids is 1. The van der Waals surface area contributed by atoms with Gasteiger partial charge in [0, 0.05) is 17.4 Å². The zero-order valence-corrected chi connectivity index (χ0v) is 18.6. The maximum Gasteiger partial charge on any atom is 0.256 e. The summed E-state index contributed by atoms with van der Waals surface area (Å²) in [6.07, 6.45) is 5.64. The fourth-order valence-corrected chi connectivity index (χ4v) is 4.19. The smallest absolute Gasteiger partial charge is 0.256 e. The summed E-state index contributed by atoms with van der Waals surface area (Å²) < 4.78 is 5.82. The van der Waals surface area contributed by atoms with Gasteiger partial charge in [-0.3, -0.25) is 4.79 Å². The largest absolute Gasteiger partial charge is 0.431 e. The molecule has 2 N–H and O–H groups in total. The van der Waals surface area contributed by atoms with E-state index in [1.165, 1.54) is 24.8 Å². The first kappa shape index (κ1) is 22.4. The van der Waals surface area contributed by atoms with Crippen molar-refractivity contribution in [2.45, 2.75) is 50.3 Å². The summed E-state index contributed by atoms with van der Waals surface area (Å²) in [5.74, 6) is 0.913. The number of fused-ring (bicyclic) bond motifs is 1. The molecule has 1 aromatic heterocycles. The predicted octanol–water partition coefficient (Wildman–Crippen LogP) is 5.06. The van der Waals surface area contributed by atoms with Gasteiger partial charge in [0.25, 0.3) is 11.1 Å². The summed E-state index contributed by atoms with van der Waals surface area (Å²) in [4.78, 5) is 17.2. The summed E-state index contributed by atoms with van der Waals surface area (Å²) in [7, 11) is 1.99. The first-order chi connectivity index (χ1) is 14.7. The van der Waals surface area contributed by atoms with Gasteiger partial charge in [-0.2, -0.15) is 0 Å². The van der Waals surface area contributed by atoms with Crippen LogP contribution >= 0.6 is 11.8 Å². The molecule has 0 fully saturated rings. The van der Waals surface area contributed by atoms with Crippen LogP contribution in [0, 0.1) is 0 Å². The molecule has 0 aliphatic heterocycles. The molecule has 0 aliphatic rings. The van der Waals surface area contributed by atoms with Gasteiger partial charge in [-0.05, 0) is 63.5 Å². The first-order valence-corrected chi connectivity index (χ1v) is 11.7. The Morgan fingerprint density at radius 1 is 1.10 bits per heavy atom. The third-order valence-corrected chi connectivity index (χ3v) is 5.85. The topological polar surface area (TPSA) is 67.2 Å². The molecule has 0 spiro atoms. The maximum atomic E-state index is 12.6. The van der Waals surface area contributed by atoms with Crippen molar-refractivity contribution in [2.75, 3.05) is 19.3 Å². The number of hydrogen-bond donors (Lipinski definition) is 2. The van der Waals surface area contributed by atoms with Gasteiger partial charge in [0.1, 0.15) is 5.52 Å². The number of oxazole rings is 1. The van der Waals surface area contributed by atoms with Crippen LogP contribution in [-0.2, 0) is 6.42 Å². The highest BCUT2D eigenvalue weighted by Gasteiger charge is 2.13. The molecule has 5 nitrogen and oxygen atoms in total. The van der Waals surface area contributed by atoms with E-state index in [4.69, 9.17) is 4.42 Å².